The molecule has 2 heterocycles. The van der Waals surface area contributed by atoms with Crippen molar-refractivity contribution < 1.29 is 24.5 Å². The van der Waals surface area contributed by atoms with Crippen LogP contribution in [0, 0.1) is 5.82 Å². The van der Waals surface area contributed by atoms with Gasteiger partial charge < -0.3 is 20.6 Å². The number of halogens is 1. The third-order valence-electron chi connectivity index (χ3n) is 3.70. The molecule has 1 atom stereocenters. The van der Waals surface area contributed by atoms with Crippen LogP contribution >= 0.6 is 0 Å². The Morgan fingerprint density at radius 2 is 2.16 bits per heavy atom. The molecule has 25 heavy (non-hydrogen) atoms. The summed E-state index contributed by atoms with van der Waals surface area (Å²) in [5.74, 6) is -1.50. The van der Waals surface area contributed by atoms with E-state index in [4.69, 9.17) is 5.11 Å². The second kappa shape index (κ2) is 6.73. The molecule has 1 aromatic carbocycles. The molecule has 2 aromatic heterocycles. The predicted molar refractivity (Wildman–Crippen MR) is 86.1 cm³/mol. The van der Waals surface area contributed by atoms with Gasteiger partial charge in [0.1, 0.15) is 22.9 Å². The minimum atomic E-state index is -1.16. The van der Waals surface area contributed by atoms with E-state index in [9.17, 15) is 19.4 Å². The van der Waals surface area contributed by atoms with Crippen molar-refractivity contribution in [3.8, 4) is 5.75 Å². The van der Waals surface area contributed by atoms with Crippen LogP contribution in [0.2, 0.25) is 0 Å². The summed E-state index contributed by atoms with van der Waals surface area (Å²) in [4.78, 5) is 15.4. The number of hydrogen-bond donors (Lipinski definition) is 4. The van der Waals surface area contributed by atoms with Crippen molar-refractivity contribution in [1.29, 1.82) is 0 Å². The summed E-state index contributed by atoms with van der Waals surface area (Å²) in [6.45, 7) is -0.205. The number of nitrogens with one attached hydrogen (secondary N) is 1. The van der Waals surface area contributed by atoms with E-state index in [1.165, 1.54) is 29.0 Å². The SMILES string of the molecule is O=C(O)c1cnn2ccc(N[C@H](CCO)c3cc(F)ccc3O)nc12. The van der Waals surface area contributed by atoms with Crippen molar-refractivity contribution in [2.45, 2.75) is 12.5 Å². The molecule has 0 aliphatic heterocycles. The number of anilines is 1. The number of carboxylic acids is 1. The average Bonchev–Trinajstić information content (AvgIpc) is 3.00. The highest BCUT2D eigenvalue weighted by Gasteiger charge is 2.18. The number of phenolic OH excluding ortho intramolecular Hbond substituents is 1. The Morgan fingerprint density at radius 3 is 2.88 bits per heavy atom. The van der Waals surface area contributed by atoms with Crippen LogP contribution in [-0.4, -0.2) is 42.5 Å². The van der Waals surface area contributed by atoms with Gasteiger partial charge in [0.15, 0.2) is 5.65 Å². The summed E-state index contributed by atoms with van der Waals surface area (Å²) in [5, 5.41) is 35.3. The van der Waals surface area contributed by atoms with Gasteiger partial charge in [-0.25, -0.2) is 18.7 Å². The maximum Gasteiger partial charge on any atom is 0.341 e. The molecule has 9 heteroatoms. The maximum absolute atomic E-state index is 13.5. The number of hydrogen-bond acceptors (Lipinski definition) is 6. The lowest BCUT2D eigenvalue weighted by molar-refractivity contribution is 0.0698. The first-order valence-corrected chi connectivity index (χ1v) is 7.43. The number of fused-ring (bicyclic) bond motifs is 1. The Balaban J connectivity index is 1.97. The number of phenols is 1. The van der Waals surface area contributed by atoms with Gasteiger partial charge in [-0.2, -0.15) is 5.10 Å². The summed E-state index contributed by atoms with van der Waals surface area (Å²) < 4.78 is 14.8. The number of benzene rings is 1. The van der Waals surface area contributed by atoms with Crippen LogP contribution in [0.25, 0.3) is 5.65 Å². The van der Waals surface area contributed by atoms with Crippen molar-refractivity contribution in [3.05, 3.63) is 53.6 Å². The first kappa shape index (κ1) is 16.7. The number of aromatic carboxylic acids is 1. The fraction of sp³-hybridized carbons (Fsp3) is 0.188. The first-order chi connectivity index (χ1) is 12.0. The van der Waals surface area contributed by atoms with Crippen LogP contribution in [0.5, 0.6) is 5.75 Å². The van der Waals surface area contributed by atoms with Gasteiger partial charge in [0.05, 0.1) is 12.2 Å². The van der Waals surface area contributed by atoms with Crippen molar-refractivity contribution in [2.24, 2.45) is 0 Å². The monoisotopic (exact) mass is 346 g/mol. The van der Waals surface area contributed by atoms with Gasteiger partial charge >= 0.3 is 5.97 Å². The zero-order valence-corrected chi connectivity index (χ0v) is 12.9. The Morgan fingerprint density at radius 1 is 1.36 bits per heavy atom. The standard InChI is InChI=1S/C16H15FN4O4/c17-9-1-2-13(23)10(7-9)12(4-6-22)19-14-3-5-21-15(20-14)11(8-18-21)16(24)25/h1-3,5,7-8,12,22-23H,4,6H2,(H,19,20)(H,24,25)/t12-/m1/s1. The zero-order valence-electron chi connectivity index (χ0n) is 12.9. The fourth-order valence-electron chi connectivity index (χ4n) is 2.52. The average molecular weight is 346 g/mol. The summed E-state index contributed by atoms with van der Waals surface area (Å²) in [7, 11) is 0. The lowest BCUT2D eigenvalue weighted by Crippen LogP contribution is -2.14. The van der Waals surface area contributed by atoms with Crippen LogP contribution < -0.4 is 5.32 Å². The molecule has 8 nitrogen and oxygen atoms in total. The van der Waals surface area contributed by atoms with E-state index < -0.39 is 17.8 Å². The fourth-order valence-corrected chi connectivity index (χ4v) is 2.52. The summed E-state index contributed by atoms with van der Waals surface area (Å²) in [6.07, 6.45) is 2.91. The normalized spacial score (nSPS) is 12.2. The number of aromatic nitrogens is 3. The highest BCUT2D eigenvalue weighted by atomic mass is 19.1. The lowest BCUT2D eigenvalue weighted by atomic mass is 10.0. The van der Waals surface area contributed by atoms with Crippen LogP contribution in [0.15, 0.2) is 36.7 Å². The number of carbonyl (C=O) groups is 1. The van der Waals surface area contributed by atoms with Crippen molar-refractivity contribution >= 4 is 17.4 Å². The van der Waals surface area contributed by atoms with Crippen molar-refractivity contribution in [3.63, 3.8) is 0 Å². The summed E-state index contributed by atoms with van der Waals surface area (Å²) in [5.41, 5.74) is 0.349. The number of nitrogens with zero attached hydrogens (tertiary/aromatic N) is 3. The largest absolute Gasteiger partial charge is 0.508 e. The molecule has 0 unspecified atom stereocenters. The highest BCUT2D eigenvalue weighted by molar-refractivity contribution is 5.94. The number of aromatic hydroxyl groups is 1. The predicted octanol–water partition coefficient (Wildman–Crippen LogP) is 1.81. The molecular weight excluding hydrogens is 331 g/mol. The molecule has 0 radical (unpaired) electrons. The lowest BCUT2D eigenvalue weighted by Gasteiger charge is -2.20. The molecule has 0 spiro atoms. The van der Waals surface area contributed by atoms with Gasteiger partial charge in [-0.1, -0.05) is 0 Å². The number of carboxylic acid groups (broad SMARTS) is 1. The molecule has 4 N–H and O–H groups in total. The van der Waals surface area contributed by atoms with E-state index in [1.54, 1.807) is 6.07 Å². The molecule has 3 rings (SSSR count). The van der Waals surface area contributed by atoms with Crippen molar-refractivity contribution in [1.82, 2.24) is 14.6 Å². The number of aliphatic hydroxyl groups is 1. The van der Waals surface area contributed by atoms with Gasteiger partial charge in [-0.15, -0.1) is 0 Å². The Labute approximate surface area is 141 Å². The smallest absolute Gasteiger partial charge is 0.341 e. The molecule has 0 saturated heterocycles. The molecule has 0 fully saturated rings. The minimum absolute atomic E-state index is 0.0593. The van der Waals surface area contributed by atoms with Gasteiger partial charge in [0.2, 0.25) is 0 Å². The van der Waals surface area contributed by atoms with Gasteiger partial charge in [0.25, 0.3) is 0 Å². The Bertz CT molecular complexity index is 928. The molecule has 0 aliphatic rings. The van der Waals surface area contributed by atoms with E-state index in [0.717, 1.165) is 6.07 Å². The molecule has 130 valence electrons. The van der Waals surface area contributed by atoms with E-state index in [2.05, 4.69) is 15.4 Å². The van der Waals surface area contributed by atoms with E-state index >= 15 is 0 Å². The molecular formula is C16H15FN4O4. The molecule has 0 saturated carbocycles. The molecule has 3 aromatic rings. The van der Waals surface area contributed by atoms with Crippen LogP contribution in [0.4, 0.5) is 10.2 Å². The quantitative estimate of drug-likeness (QED) is 0.537. The van der Waals surface area contributed by atoms with Gasteiger partial charge in [0, 0.05) is 18.4 Å². The number of aliphatic hydroxyl groups excluding tert-OH is 1. The van der Waals surface area contributed by atoms with Crippen LogP contribution in [-0.2, 0) is 0 Å². The highest BCUT2D eigenvalue weighted by Crippen LogP contribution is 2.30. The summed E-state index contributed by atoms with van der Waals surface area (Å²) in [6, 6.07) is 4.47. The molecule has 0 aliphatic carbocycles. The van der Waals surface area contributed by atoms with Gasteiger partial charge in [-0.05, 0) is 30.7 Å². The van der Waals surface area contributed by atoms with Crippen LogP contribution in [0.1, 0.15) is 28.4 Å². The van der Waals surface area contributed by atoms with E-state index in [-0.39, 0.29) is 35.6 Å². The molecule has 0 bridgehead atoms. The number of rotatable bonds is 6. The topological polar surface area (TPSA) is 120 Å². The minimum Gasteiger partial charge on any atom is -0.508 e. The first-order valence-electron chi connectivity index (χ1n) is 7.43. The molecule has 0 amide bonds. The second-order valence-corrected chi connectivity index (χ2v) is 5.36. The van der Waals surface area contributed by atoms with E-state index in [0.29, 0.717) is 5.82 Å². The third-order valence-corrected chi connectivity index (χ3v) is 3.70. The van der Waals surface area contributed by atoms with E-state index in [1.807, 2.05) is 0 Å². The van der Waals surface area contributed by atoms with Gasteiger partial charge in [-0.3, -0.25) is 0 Å². The Hall–Kier alpha value is -3.20. The third kappa shape index (κ3) is 3.36. The van der Waals surface area contributed by atoms with Crippen LogP contribution in [0.3, 0.4) is 0 Å². The summed E-state index contributed by atoms with van der Waals surface area (Å²) >= 11 is 0. The van der Waals surface area contributed by atoms with Crippen molar-refractivity contribution in [2.75, 3.05) is 11.9 Å². The maximum atomic E-state index is 13.5. The second-order valence-electron chi connectivity index (χ2n) is 5.36. The Kier molecular flexibility index (Phi) is 4.48. The zero-order chi connectivity index (χ0) is 18.0.